The largest absolute Gasteiger partial charge is 0.377 e. The number of anilines is 1. The summed E-state index contributed by atoms with van der Waals surface area (Å²) in [5, 5.41) is 14.0. The van der Waals surface area contributed by atoms with E-state index < -0.39 is 10.8 Å². The van der Waals surface area contributed by atoms with E-state index in [4.69, 9.17) is 5.73 Å². The second kappa shape index (κ2) is 4.64. The first-order chi connectivity index (χ1) is 8.49. The Kier molecular flexibility index (Phi) is 3.18. The van der Waals surface area contributed by atoms with Gasteiger partial charge in [-0.2, -0.15) is 0 Å². The van der Waals surface area contributed by atoms with Gasteiger partial charge in [0.2, 0.25) is 5.91 Å². The summed E-state index contributed by atoms with van der Waals surface area (Å²) in [6.07, 6.45) is 2.27. The third-order valence-corrected chi connectivity index (χ3v) is 3.19. The van der Waals surface area contributed by atoms with Crippen LogP contribution in [-0.4, -0.2) is 16.9 Å². The number of amides is 1. The van der Waals surface area contributed by atoms with Gasteiger partial charge in [0.1, 0.15) is 5.69 Å². The number of nitrogens with zero attached hydrogens (tertiary/aromatic N) is 1. The number of nitro groups is 1. The van der Waals surface area contributed by atoms with Gasteiger partial charge < -0.3 is 11.1 Å². The van der Waals surface area contributed by atoms with Gasteiger partial charge in [-0.15, -0.1) is 0 Å². The lowest BCUT2D eigenvalue weighted by atomic mass is 10.1. The predicted octanol–water partition coefficient (Wildman–Crippen LogP) is 1.90. The summed E-state index contributed by atoms with van der Waals surface area (Å²) in [4.78, 5) is 21.5. The number of carbonyl (C=O) groups is 1. The molecule has 6 nitrogen and oxygen atoms in total. The SMILES string of the molecule is CC(Nc1cc(C(N)=O)ccc1[N+](=O)[O-])C1CC1. The van der Waals surface area contributed by atoms with E-state index in [1.54, 1.807) is 0 Å². The highest BCUT2D eigenvalue weighted by Crippen LogP contribution is 2.35. The molecule has 1 atom stereocenters. The highest BCUT2D eigenvalue weighted by molar-refractivity contribution is 5.94. The van der Waals surface area contributed by atoms with Crippen LogP contribution in [0.25, 0.3) is 0 Å². The van der Waals surface area contributed by atoms with Crippen molar-refractivity contribution < 1.29 is 9.72 Å². The molecule has 0 spiro atoms. The molecule has 0 heterocycles. The summed E-state index contributed by atoms with van der Waals surface area (Å²) in [5.74, 6) is -0.0335. The summed E-state index contributed by atoms with van der Waals surface area (Å²) in [6.45, 7) is 1.98. The van der Waals surface area contributed by atoms with E-state index in [2.05, 4.69) is 5.32 Å². The maximum Gasteiger partial charge on any atom is 0.292 e. The topological polar surface area (TPSA) is 98.3 Å². The van der Waals surface area contributed by atoms with Gasteiger partial charge >= 0.3 is 0 Å². The summed E-state index contributed by atoms with van der Waals surface area (Å²) in [5.41, 5.74) is 5.77. The Hall–Kier alpha value is -2.11. The summed E-state index contributed by atoms with van der Waals surface area (Å²) in [6, 6.07) is 4.28. The number of rotatable bonds is 5. The molecule has 96 valence electrons. The molecule has 0 radical (unpaired) electrons. The van der Waals surface area contributed by atoms with Crippen molar-refractivity contribution in [3.8, 4) is 0 Å². The Bertz CT molecular complexity index is 497. The molecule has 0 bridgehead atoms. The van der Waals surface area contributed by atoms with E-state index in [-0.39, 0.29) is 17.3 Å². The van der Waals surface area contributed by atoms with Crippen LogP contribution in [-0.2, 0) is 0 Å². The zero-order chi connectivity index (χ0) is 13.3. The fourth-order valence-corrected chi connectivity index (χ4v) is 1.92. The van der Waals surface area contributed by atoms with Crippen LogP contribution in [0.15, 0.2) is 18.2 Å². The number of nitro benzene ring substituents is 1. The monoisotopic (exact) mass is 249 g/mol. The van der Waals surface area contributed by atoms with Gasteiger partial charge in [-0.05, 0) is 37.8 Å². The average Bonchev–Trinajstić information content (AvgIpc) is 3.12. The molecule has 1 aromatic carbocycles. The first-order valence-electron chi connectivity index (χ1n) is 5.84. The lowest BCUT2D eigenvalue weighted by Gasteiger charge is -2.14. The fourth-order valence-electron chi connectivity index (χ4n) is 1.92. The van der Waals surface area contributed by atoms with Crippen LogP contribution in [0.5, 0.6) is 0 Å². The van der Waals surface area contributed by atoms with Crippen molar-refractivity contribution in [3.63, 3.8) is 0 Å². The van der Waals surface area contributed by atoms with Gasteiger partial charge in [-0.25, -0.2) is 0 Å². The van der Waals surface area contributed by atoms with Crippen molar-refractivity contribution >= 4 is 17.3 Å². The Morgan fingerprint density at radius 3 is 2.72 bits per heavy atom. The van der Waals surface area contributed by atoms with Crippen molar-refractivity contribution in [3.05, 3.63) is 33.9 Å². The molecular formula is C12H15N3O3. The molecule has 1 unspecified atom stereocenters. The zero-order valence-electron chi connectivity index (χ0n) is 10.1. The number of nitrogens with two attached hydrogens (primary N) is 1. The number of carbonyl (C=O) groups excluding carboxylic acids is 1. The minimum atomic E-state index is -0.591. The van der Waals surface area contributed by atoms with Gasteiger partial charge in [0.05, 0.1) is 4.92 Å². The molecule has 0 saturated heterocycles. The number of hydrogen-bond donors (Lipinski definition) is 2. The summed E-state index contributed by atoms with van der Waals surface area (Å²) >= 11 is 0. The highest BCUT2D eigenvalue weighted by atomic mass is 16.6. The van der Waals surface area contributed by atoms with Crippen molar-refractivity contribution in [2.45, 2.75) is 25.8 Å². The van der Waals surface area contributed by atoms with Crippen LogP contribution in [0.1, 0.15) is 30.1 Å². The quantitative estimate of drug-likeness (QED) is 0.615. The predicted molar refractivity (Wildman–Crippen MR) is 67.4 cm³/mol. The lowest BCUT2D eigenvalue weighted by molar-refractivity contribution is -0.384. The Balaban J connectivity index is 2.30. The van der Waals surface area contributed by atoms with Crippen LogP contribution >= 0.6 is 0 Å². The molecule has 18 heavy (non-hydrogen) atoms. The Morgan fingerprint density at radius 2 is 2.22 bits per heavy atom. The molecule has 1 saturated carbocycles. The third kappa shape index (κ3) is 2.58. The molecule has 2 rings (SSSR count). The molecule has 1 aromatic rings. The molecule has 1 aliphatic carbocycles. The van der Waals surface area contributed by atoms with Crippen molar-refractivity contribution in [2.24, 2.45) is 11.7 Å². The normalized spacial score (nSPS) is 16.1. The molecule has 1 aliphatic rings. The first-order valence-corrected chi connectivity index (χ1v) is 5.84. The highest BCUT2D eigenvalue weighted by Gasteiger charge is 2.29. The van der Waals surface area contributed by atoms with E-state index in [0.717, 1.165) is 12.8 Å². The Morgan fingerprint density at radius 1 is 1.56 bits per heavy atom. The van der Waals surface area contributed by atoms with Crippen LogP contribution in [0.4, 0.5) is 11.4 Å². The van der Waals surface area contributed by atoms with Gasteiger partial charge in [0, 0.05) is 17.7 Å². The Labute approximate surface area is 104 Å². The maximum absolute atomic E-state index is 11.1. The van der Waals surface area contributed by atoms with E-state index in [1.165, 1.54) is 18.2 Å². The van der Waals surface area contributed by atoms with Crippen molar-refractivity contribution in [1.29, 1.82) is 0 Å². The van der Waals surface area contributed by atoms with Crippen LogP contribution in [0.3, 0.4) is 0 Å². The van der Waals surface area contributed by atoms with Crippen LogP contribution in [0, 0.1) is 16.0 Å². The molecule has 3 N–H and O–H groups in total. The third-order valence-electron chi connectivity index (χ3n) is 3.19. The minimum absolute atomic E-state index is 0.0347. The van der Waals surface area contributed by atoms with Crippen molar-refractivity contribution in [2.75, 3.05) is 5.32 Å². The number of nitrogens with one attached hydrogen (secondary N) is 1. The minimum Gasteiger partial charge on any atom is -0.377 e. The van der Waals surface area contributed by atoms with Gasteiger partial charge in [-0.1, -0.05) is 0 Å². The first kappa shape index (κ1) is 12.3. The van der Waals surface area contributed by atoms with Gasteiger partial charge in [-0.3, -0.25) is 14.9 Å². The van der Waals surface area contributed by atoms with E-state index in [9.17, 15) is 14.9 Å². The van der Waals surface area contributed by atoms with Crippen molar-refractivity contribution in [1.82, 2.24) is 0 Å². The zero-order valence-corrected chi connectivity index (χ0v) is 10.1. The van der Waals surface area contributed by atoms with E-state index in [0.29, 0.717) is 11.6 Å². The van der Waals surface area contributed by atoms with Crippen LogP contribution in [0.2, 0.25) is 0 Å². The number of hydrogen-bond acceptors (Lipinski definition) is 4. The lowest BCUT2D eigenvalue weighted by Crippen LogP contribution is -2.19. The maximum atomic E-state index is 11.1. The second-order valence-corrected chi connectivity index (χ2v) is 4.62. The fraction of sp³-hybridized carbons (Fsp3) is 0.417. The van der Waals surface area contributed by atoms with Crippen LogP contribution < -0.4 is 11.1 Å². The summed E-state index contributed by atoms with van der Waals surface area (Å²) in [7, 11) is 0. The second-order valence-electron chi connectivity index (χ2n) is 4.62. The smallest absolute Gasteiger partial charge is 0.292 e. The molecule has 0 aliphatic heterocycles. The molecule has 1 amide bonds. The average molecular weight is 249 g/mol. The van der Waals surface area contributed by atoms with Gasteiger partial charge in [0.15, 0.2) is 0 Å². The van der Waals surface area contributed by atoms with E-state index >= 15 is 0 Å². The molecule has 6 heteroatoms. The molecular weight excluding hydrogens is 234 g/mol. The molecule has 1 fully saturated rings. The van der Waals surface area contributed by atoms with E-state index in [1.807, 2.05) is 6.92 Å². The van der Waals surface area contributed by atoms with Gasteiger partial charge in [0.25, 0.3) is 5.69 Å². The number of benzene rings is 1. The standard InChI is InChI=1S/C12H15N3O3/c1-7(8-2-3-8)14-10-6-9(12(13)16)4-5-11(10)15(17)18/h4-8,14H,2-3H2,1H3,(H2,13,16). The molecule has 0 aromatic heterocycles. The number of primary amides is 1. The summed E-state index contributed by atoms with van der Waals surface area (Å²) < 4.78 is 0.